The Kier molecular flexibility index (Phi) is 4.28. The third-order valence-electron chi connectivity index (χ3n) is 5.50. The molecule has 0 unspecified atom stereocenters. The quantitative estimate of drug-likeness (QED) is 0.500. The van der Waals surface area contributed by atoms with E-state index < -0.39 is 0 Å². The van der Waals surface area contributed by atoms with Crippen molar-refractivity contribution < 1.29 is 0 Å². The number of benzene rings is 1. The number of hydrogen-bond donors (Lipinski definition) is 2. The molecule has 5 rings (SSSR count). The molecule has 142 valence electrons. The van der Waals surface area contributed by atoms with Gasteiger partial charge in [-0.2, -0.15) is 5.10 Å². The molecule has 0 atom stereocenters. The minimum atomic E-state index is 0.438. The van der Waals surface area contributed by atoms with Gasteiger partial charge in [-0.3, -0.25) is 4.68 Å². The molecule has 0 spiro atoms. The van der Waals surface area contributed by atoms with Gasteiger partial charge in [-0.05, 0) is 37.1 Å². The second kappa shape index (κ2) is 6.95. The largest absolute Gasteiger partial charge is 0.383 e. The van der Waals surface area contributed by atoms with Crippen molar-refractivity contribution >= 4 is 28.5 Å². The van der Waals surface area contributed by atoms with Gasteiger partial charge in [0.25, 0.3) is 0 Å². The van der Waals surface area contributed by atoms with Crippen LogP contribution in [0.4, 0.5) is 5.82 Å². The highest BCUT2D eigenvalue weighted by Crippen LogP contribution is 2.32. The van der Waals surface area contributed by atoms with Gasteiger partial charge in [0.05, 0.1) is 28.8 Å². The first-order chi connectivity index (χ1) is 13.7. The summed E-state index contributed by atoms with van der Waals surface area (Å²) in [6.45, 7) is 0. The number of aromatic nitrogens is 5. The topological polar surface area (TPSA) is 85.4 Å². The second-order valence-corrected chi connectivity index (χ2v) is 7.84. The number of halogens is 1. The van der Waals surface area contributed by atoms with Gasteiger partial charge >= 0.3 is 0 Å². The summed E-state index contributed by atoms with van der Waals surface area (Å²) >= 11 is 6.08. The summed E-state index contributed by atoms with van der Waals surface area (Å²) in [5, 5.41) is 5.27. The summed E-state index contributed by atoms with van der Waals surface area (Å²) in [7, 11) is 0. The highest BCUT2D eigenvalue weighted by molar-refractivity contribution is 6.31. The van der Waals surface area contributed by atoms with Gasteiger partial charge in [0.15, 0.2) is 0 Å². The number of pyridine rings is 1. The summed E-state index contributed by atoms with van der Waals surface area (Å²) < 4.78 is 2.10. The Morgan fingerprint density at radius 3 is 2.79 bits per heavy atom. The third kappa shape index (κ3) is 3.14. The van der Waals surface area contributed by atoms with Crippen molar-refractivity contribution in [2.45, 2.75) is 38.1 Å². The number of hydrogen-bond acceptors (Lipinski definition) is 4. The zero-order valence-corrected chi connectivity index (χ0v) is 16.2. The average molecular weight is 393 g/mol. The van der Waals surface area contributed by atoms with Crippen molar-refractivity contribution in [3.63, 3.8) is 0 Å². The van der Waals surface area contributed by atoms with Gasteiger partial charge in [0.2, 0.25) is 0 Å². The van der Waals surface area contributed by atoms with Crippen LogP contribution in [0.5, 0.6) is 0 Å². The first kappa shape index (κ1) is 17.3. The van der Waals surface area contributed by atoms with Gasteiger partial charge in [0.1, 0.15) is 11.6 Å². The number of nitrogen functional groups attached to an aromatic ring is 1. The van der Waals surface area contributed by atoms with Crippen LogP contribution in [0.2, 0.25) is 5.02 Å². The molecule has 1 aromatic carbocycles. The van der Waals surface area contributed by atoms with Crippen LogP contribution in [-0.2, 0) is 0 Å². The Bertz CT molecular complexity index is 1140. The number of nitrogens with one attached hydrogen (secondary N) is 1. The maximum absolute atomic E-state index is 6.16. The van der Waals surface area contributed by atoms with E-state index in [-0.39, 0.29) is 0 Å². The van der Waals surface area contributed by atoms with Crippen LogP contribution in [0.15, 0.2) is 42.9 Å². The van der Waals surface area contributed by atoms with Gasteiger partial charge in [-0.1, -0.05) is 30.9 Å². The lowest BCUT2D eigenvalue weighted by Gasteiger charge is -2.21. The molecule has 6 nitrogen and oxygen atoms in total. The lowest BCUT2D eigenvalue weighted by Crippen LogP contribution is -2.12. The number of nitrogens with two attached hydrogens (primary N) is 1. The standard InChI is InChI=1S/C21H21ClN6/c22-15-6-7-18-19(9-15)27-21(26-18)17-8-13(10-24-20(17)23)14-11-25-28(12-14)16-4-2-1-3-5-16/h6-12,16H,1-5H2,(H2,23,24)(H,26,27). The summed E-state index contributed by atoms with van der Waals surface area (Å²) in [5.41, 5.74) is 10.7. The normalized spacial score (nSPS) is 15.3. The van der Waals surface area contributed by atoms with Crippen LogP contribution in [0.3, 0.4) is 0 Å². The Morgan fingerprint density at radius 2 is 1.93 bits per heavy atom. The molecule has 0 amide bonds. The van der Waals surface area contributed by atoms with Gasteiger partial charge in [-0.15, -0.1) is 0 Å². The first-order valence-electron chi connectivity index (χ1n) is 9.63. The number of anilines is 1. The molecule has 4 aromatic rings. The van der Waals surface area contributed by atoms with Crippen molar-refractivity contribution in [1.29, 1.82) is 0 Å². The minimum Gasteiger partial charge on any atom is -0.383 e. The number of H-pyrrole nitrogens is 1. The zero-order chi connectivity index (χ0) is 19.1. The molecule has 1 fully saturated rings. The van der Waals surface area contributed by atoms with Crippen molar-refractivity contribution in [1.82, 2.24) is 24.7 Å². The Hall–Kier alpha value is -2.86. The van der Waals surface area contributed by atoms with E-state index in [0.717, 1.165) is 27.7 Å². The Labute approximate surface area is 167 Å². The minimum absolute atomic E-state index is 0.438. The number of aromatic amines is 1. The lowest BCUT2D eigenvalue weighted by atomic mass is 9.96. The van der Waals surface area contributed by atoms with E-state index in [0.29, 0.717) is 22.7 Å². The fourth-order valence-electron chi connectivity index (χ4n) is 3.96. The maximum atomic E-state index is 6.16. The summed E-state index contributed by atoms with van der Waals surface area (Å²) in [5.74, 6) is 1.12. The molecule has 1 aliphatic carbocycles. The molecule has 0 aliphatic heterocycles. The molecule has 0 radical (unpaired) electrons. The van der Waals surface area contributed by atoms with Crippen LogP contribution < -0.4 is 5.73 Å². The molecule has 3 N–H and O–H groups in total. The molecule has 1 aliphatic rings. The zero-order valence-electron chi connectivity index (χ0n) is 15.4. The van der Waals surface area contributed by atoms with Crippen LogP contribution in [-0.4, -0.2) is 24.7 Å². The Morgan fingerprint density at radius 1 is 1.07 bits per heavy atom. The molecule has 1 saturated carbocycles. The van der Waals surface area contributed by atoms with E-state index in [1.54, 1.807) is 6.20 Å². The first-order valence-corrected chi connectivity index (χ1v) is 10.0. The third-order valence-corrected chi connectivity index (χ3v) is 5.74. The number of nitrogens with zero attached hydrogens (tertiary/aromatic N) is 4. The molecule has 0 saturated heterocycles. The van der Waals surface area contributed by atoms with Gasteiger partial charge in [0, 0.05) is 28.5 Å². The maximum Gasteiger partial charge on any atom is 0.142 e. The van der Waals surface area contributed by atoms with E-state index in [9.17, 15) is 0 Å². The van der Waals surface area contributed by atoms with Crippen LogP contribution in [0.1, 0.15) is 38.1 Å². The van der Waals surface area contributed by atoms with E-state index in [1.165, 1.54) is 32.1 Å². The molecular formula is C21H21ClN6. The lowest BCUT2D eigenvalue weighted by molar-refractivity contribution is 0.329. The second-order valence-electron chi connectivity index (χ2n) is 7.40. The molecular weight excluding hydrogens is 372 g/mol. The van der Waals surface area contributed by atoms with Crippen LogP contribution in [0, 0.1) is 0 Å². The molecule has 3 aromatic heterocycles. The van der Waals surface area contributed by atoms with Gasteiger partial charge in [-0.25, -0.2) is 9.97 Å². The van der Waals surface area contributed by atoms with E-state index >= 15 is 0 Å². The monoisotopic (exact) mass is 392 g/mol. The van der Waals surface area contributed by atoms with E-state index in [4.69, 9.17) is 17.3 Å². The average Bonchev–Trinajstić information content (AvgIpc) is 3.36. The Balaban J connectivity index is 1.51. The van der Waals surface area contributed by atoms with Crippen LogP contribution in [0.25, 0.3) is 33.5 Å². The van der Waals surface area contributed by atoms with Gasteiger partial charge < -0.3 is 10.7 Å². The highest BCUT2D eigenvalue weighted by atomic mass is 35.5. The molecule has 0 bridgehead atoms. The van der Waals surface area contributed by atoms with E-state index in [2.05, 4.69) is 30.9 Å². The van der Waals surface area contributed by atoms with Crippen molar-refractivity contribution in [3.8, 4) is 22.5 Å². The SMILES string of the molecule is Nc1ncc(-c2cnn(C3CCCCC3)c2)cc1-c1nc2ccc(Cl)cc2[nH]1. The fourth-order valence-corrected chi connectivity index (χ4v) is 4.14. The highest BCUT2D eigenvalue weighted by Gasteiger charge is 2.17. The number of imidazole rings is 1. The molecule has 28 heavy (non-hydrogen) atoms. The predicted molar refractivity (Wildman–Crippen MR) is 112 cm³/mol. The summed E-state index contributed by atoms with van der Waals surface area (Å²) in [6.07, 6.45) is 12.1. The number of rotatable bonds is 3. The van der Waals surface area contributed by atoms with Crippen molar-refractivity contribution in [3.05, 3.63) is 47.9 Å². The van der Waals surface area contributed by atoms with Crippen molar-refractivity contribution in [2.24, 2.45) is 0 Å². The summed E-state index contributed by atoms with van der Waals surface area (Å²) in [4.78, 5) is 12.3. The molecule has 3 heterocycles. The molecule has 7 heteroatoms. The van der Waals surface area contributed by atoms with E-state index in [1.807, 2.05) is 30.5 Å². The smallest absolute Gasteiger partial charge is 0.142 e. The number of fused-ring (bicyclic) bond motifs is 1. The van der Waals surface area contributed by atoms with Crippen LogP contribution >= 0.6 is 11.6 Å². The fraction of sp³-hybridized carbons (Fsp3) is 0.286. The predicted octanol–water partition coefficient (Wildman–Crippen LogP) is 5.23. The van der Waals surface area contributed by atoms with Crippen molar-refractivity contribution in [2.75, 3.05) is 5.73 Å². The summed E-state index contributed by atoms with van der Waals surface area (Å²) in [6, 6.07) is 8.09.